The molecule has 4 amide bonds. The number of imide groups is 1. The number of likely N-dealkylation sites (tertiary alicyclic amines) is 1. The van der Waals surface area contributed by atoms with E-state index in [1.807, 2.05) is 56.3 Å². The molecule has 0 radical (unpaired) electrons. The van der Waals surface area contributed by atoms with E-state index in [-0.39, 0.29) is 70.4 Å². The van der Waals surface area contributed by atoms with Crippen molar-refractivity contribution in [2.24, 2.45) is 7.05 Å². The third-order valence-corrected chi connectivity index (χ3v) is 17.2. The zero-order valence-corrected chi connectivity index (χ0v) is 46.2. The number of thiophene rings is 1. The van der Waals surface area contributed by atoms with Crippen LogP contribution in [0.25, 0.3) is 21.5 Å². The molecule has 0 aliphatic carbocycles. The average molecular weight is 1090 g/mol. The van der Waals surface area contributed by atoms with Gasteiger partial charge in [0.05, 0.1) is 21.7 Å². The Morgan fingerprint density at radius 2 is 1.55 bits per heavy atom. The number of carbonyl (C=O) groups excluding carboxylic acids is 5. The minimum atomic E-state index is -3.81. The molecule has 3 fully saturated rings. The number of nitrogens with one attached hydrogen (secondary N) is 3. The summed E-state index contributed by atoms with van der Waals surface area (Å²) in [5.74, 6) is -2.19. The molecule has 2 atom stereocenters. The van der Waals surface area contributed by atoms with Crippen molar-refractivity contribution >= 4 is 85.2 Å². The number of benzene rings is 3. The SMILES string of the molecule is Cn1c(=O)n([C@H]2CCC(=O)NC2=O)c2ccc(C3CCN(C(=O)Nc4cccc(CS(=O)(=O)N5CC[C@H](Nc6cccc(-c7sc(C(=O)OC(C)(C)C)c(OCC(=O)OC(C)(C)C)c7Cl)c6)CC5(C)C)c4)CC3)cc21. The van der Waals surface area contributed by atoms with E-state index >= 15 is 0 Å². The summed E-state index contributed by atoms with van der Waals surface area (Å²) in [5, 5.41) is 9.05. The van der Waals surface area contributed by atoms with Gasteiger partial charge < -0.3 is 29.7 Å². The summed E-state index contributed by atoms with van der Waals surface area (Å²) in [6, 6.07) is 19.1. The minimum Gasteiger partial charge on any atom is -0.479 e. The number of piperidine rings is 3. The van der Waals surface area contributed by atoms with E-state index in [1.54, 1.807) is 82.1 Å². The number of hydrogen-bond donors (Lipinski definition) is 3. The highest BCUT2D eigenvalue weighted by Crippen LogP contribution is 2.47. The van der Waals surface area contributed by atoms with Crippen molar-refractivity contribution in [2.75, 3.05) is 36.9 Å². The number of halogens is 1. The molecular weight excluding hydrogens is 1020 g/mol. The maximum atomic E-state index is 14.2. The Balaban J connectivity index is 0.866. The van der Waals surface area contributed by atoms with Crippen LogP contribution in [0.5, 0.6) is 5.75 Å². The number of aryl methyl sites for hydroxylation is 1. The van der Waals surface area contributed by atoms with Gasteiger partial charge in [0.1, 0.15) is 22.3 Å². The third-order valence-electron chi connectivity index (χ3n) is 13.5. The maximum Gasteiger partial charge on any atom is 0.352 e. The van der Waals surface area contributed by atoms with Crippen molar-refractivity contribution in [3.63, 3.8) is 0 Å². The first-order valence-electron chi connectivity index (χ1n) is 25.1. The first-order chi connectivity index (χ1) is 35.2. The number of nitrogens with zero attached hydrogens (tertiary/aromatic N) is 4. The molecule has 75 heavy (non-hydrogen) atoms. The van der Waals surface area contributed by atoms with Crippen molar-refractivity contribution in [1.82, 2.24) is 23.7 Å². The summed E-state index contributed by atoms with van der Waals surface area (Å²) in [7, 11) is -2.14. The molecule has 18 nitrogen and oxygen atoms in total. The average Bonchev–Trinajstić information content (AvgIpc) is 3.77. The van der Waals surface area contributed by atoms with Crippen LogP contribution in [-0.4, -0.2) is 106 Å². The fourth-order valence-corrected chi connectivity index (χ4v) is 13.6. The normalized spacial score (nSPS) is 18.9. The van der Waals surface area contributed by atoms with Crippen LogP contribution in [0, 0.1) is 0 Å². The monoisotopic (exact) mass is 1090 g/mol. The third kappa shape index (κ3) is 12.7. The number of carbonyl (C=O) groups is 5. The van der Waals surface area contributed by atoms with Crippen LogP contribution in [0.1, 0.15) is 127 Å². The van der Waals surface area contributed by atoms with Gasteiger partial charge in [-0.3, -0.25) is 24.0 Å². The van der Waals surface area contributed by atoms with Crippen LogP contribution >= 0.6 is 22.9 Å². The van der Waals surface area contributed by atoms with E-state index in [2.05, 4.69) is 16.0 Å². The zero-order valence-electron chi connectivity index (χ0n) is 43.8. The fraction of sp³-hybridized carbons (Fsp3) is 0.481. The van der Waals surface area contributed by atoms with Gasteiger partial charge in [-0.2, -0.15) is 4.31 Å². The molecule has 3 aliphatic heterocycles. The van der Waals surface area contributed by atoms with Crippen LogP contribution in [0.4, 0.5) is 16.2 Å². The molecule has 3 aliphatic rings. The fourth-order valence-electron chi connectivity index (χ4n) is 10.2. The molecule has 21 heteroatoms. The summed E-state index contributed by atoms with van der Waals surface area (Å²) in [6.45, 7) is 15.1. The number of amides is 4. The van der Waals surface area contributed by atoms with Gasteiger partial charge in [-0.25, -0.2) is 27.6 Å². The molecule has 3 saturated heterocycles. The zero-order chi connectivity index (χ0) is 54.4. The Bertz CT molecular complexity index is 3210. The van der Waals surface area contributed by atoms with E-state index in [4.69, 9.17) is 25.8 Å². The van der Waals surface area contributed by atoms with E-state index in [1.165, 1.54) is 9.13 Å². The number of urea groups is 1. The van der Waals surface area contributed by atoms with Crippen molar-refractivity contribution < 1.29 is 46.6 Å². The number of fused-ring (bicyclic) bond motifs is 1. The van der Waals surface area contributed by atoms with Crippen LogP contribution in [0.3, 0.4) is 0 Å². The quantitative estimate of drug-likeness (QED) is 0.0744. The minimum absolute atomic E-state index is 0.0296. The number of hydrogen-bond acceptors (Lipinski definition) is 13. The van der Waals surface area contributed by atoms with Gasteiger partial charge >= 0.3 is 23.7 Å². The summed E-state index contributed by atoms with van der Waals surface area (Å²) < 4.78 is 49.8. The molecule has 5 heterocycles. The molecular formula is C54H66ClN7O11S2. The molecule has 402 valence electrons. The highest BCUT2D eigenvalue weighted by atomic mass is 35.5. The first-order valence-corrected chi connectivity index (χ1v) is 27.9. The van der Waals surface area contributed by atoms with E-state index < -0.39 is 57.3 Å². The van der Waals surface area contributed by atoms with Crippen LogP contribution in [0.2, 0.25) is 5.02 Å². The maximum absolute atomic E-state index is 14.2. The highest BCUT2D eigenvalue weighted by molar-refractivity contribution is 7.88. The molecule has 8 rings (SSSR count). The number of aromatic nitrogens is 2. The number of anilines is 2. The molecule has 5 aromatic rings. The lowest BCUT2D eigenvalue weighted by Gasteiger charge is -2.45. The number of rotatable bonds is 13. The Morgan fingerprint density at radius 1 is 0.853 bits per heavy atom. The topological polar surface area (TPSA) is 217 Å². The standard InChI is InChI=1S/C54H66ClN7O11S2/c1-52(2,3)72-43(64)30-71-45-44(55)46(74-47(45)49(66)73-53(4,5)6)35-13-11-15-37(27-35)56-38-22-25-61(54(7,8)29-38)75(69,70)31-32-12-10-14-36(26-32)57-50(67)60-23-20-33(21-24-60)34-16-17-39-41(28-34)59(9)51(68)62(39)40-18-19-42(63)58-48(40)65/h10-17,26-28,33,38,40,56H,18-25,29-31H2,1-9H3,(H,57,67)(H,58,63,65)/t38-,40-/m0/s1. The lowest BCUT2D eigenvalue weighted by molar-refractivity contribution is -0.157. The Kier molecular flexibility index (Phi) is 15.7. The summed E-state index contributed by atoms with van der Waals surface area (Å²) in [5.41, 5.74) is 2.19. The van der Waals surface area contributed by atoms with Gasteiger partial charge in [0.25, 0.3) is 0 Å². The molecule has 0 bridgehead atoms. The highest BCUT2D eigenvalue weighted by Gasteiger charge is 2.42. The predicted octanol–water partition coefficient (Wildman–Crippen LogP) is 8.97. The summed E-state index contributed by atoms with van der Waals surface area (Å²) in [4.78, 5) is 79.7. The Labute approximate surface area is 446 Å². The van der Waals surface area contributed by atoms with Crippen LogP contribution in [0.15, 0.2) is 71.5 Å². The van der Waals surface area contributed by atoms with Gasteiger partial charge in [0, 0.05) is 56.1 Å². The second-order valence-electron chi connectivity index (χ2n) is 22.2. The van der Waals surface area contributed by atoms with Gasteiger partial charge in [0.15, 0.2) is 17.2 Å². The van der Waals surface area contributed by atoms with Gasteiger partial charge in [-0.15, -0.1) is 11.3 Å². The molecule has 2 aromatic heterocycles. The second-order valence-corrected chi connectivity index (χ2v) is 25.4. The summed E-state index contributed by atoms with van der Waals surface area (Å²) in [6.07, 6.45) is 2.82. The van der Waals surface area contributed by atoms with Crippen molar-refractivity contribution in [3.05, 3.63) is 98.2 Å². The van der Waals surface area contributed by atoms with E-state index in [0.29, 0.717) is 71.5 Å². The van der Waals surface area contributed by atoms with E-state index in [0.717, 1.165) is 22.6 Å². The number of esters is 2. The van der Waals surface area contributed by atoms with Crippen LogP contribution < -0.4 is 26.4 Å². The second kappa shape index (κ2) is 21.4. The van der Waals surface area contributed by atoms with Gasteiger partial charge in [-0.1, -0.05) is 41.9 Å². The first kappa shape index (κ1) is 55.0. The molecule has 0 saturated carbocycles. The van der Waals surface area contributed by atoms with Crippen molar-refractivity contribution in [3.8, 4) is 16.2 Å². The van der Waals surface area contributed by atoms with Crippen molar-refractivity contribution in [1.29, 1.82) is 0 Å². The van der Waals surface area contributed by atoms with Crippen molar-refractivity contribution in [2.45, 2.75) is 134 Å². The van der Waals surface area contributed by atoms with Crippen LogP contribution in [-0.2, 0) is 46.7 Å². The number of sulfonamides is 1. The number of ether oxygens (including phenoxy) is 3. The largest absolute Gasteiger partial charge is 0.479 e. The molecule has 3 N–H and O–H groups in total. The van der Waals surface area contributed by atoms with E-state index in [9.17, 15) is 37.2 Å². The van der Waals surface area contributed by atoms with Gasteiger partial charge in [0.2, 0.25) is 21.8 Å². The molecule has 0 unspecified atom stereocenters. The predicted molar refractivity (Wildman–Crippen MR) is 289 cm³/mol. The molecule has 0 spiro atoms. The smallest absolute Gasteiger partial charge is 0.352 e. The lowest BCUT2D eigenvalue weighted by atomic mass is 9.89. The Hall–Kier alpha value is -6.22. The molecule has 3 aromatic carbocycles. The van der Waals surface area contributed by atoms with Gasteiger partial charge in [-0.05, 0) is 147 Å². The summed E-state index contributed by atoms with van der Waals surface area (Å²) >= 11 is 8.02. The Morgan fingerprint density at radius 3 is 2.23 bits per heavy atom. The lowest BCUT2D eigenvalue weighted by Crippen LogP contribution is -2.55. The number of imidazole rings is 1.